The molecule has 130 valence electrons. The normalized spacial score (nSPS) is 12.1. The number of nitrogens with one attached hydrogen (secondary N) is 1. The molecule has 0 aliphatic rings. The van der Waals surface area contributed by atoms with Crippen molar-refractivity contribution in [3.8, 4) is 0 Å². The summed E-state index contributed by atoms with van der Waals surface area (Å²) in [5, 5.41) is 3.07. The predicted molar refractivity (Wildman–Crippen MR) is 99.7 cm³/mol. The van der Waals surface area contributed by atoms with Crippen LogP contribution in [0.15, 0.2) is 30.3 Å². The van der Waals surface area contributed by atoms with Gasteiger partial charge in [-0.2, -0.15) is 0 Å². The minimum atomic E-state index is 0.204. The second kappa shape index (κ2) is 13.2. The lowest BCUT2D eigenvalue weighted by Crippen LogP contribution is -2.27. The number of hydrogen-bond donors (Lipinski definition) is 1. The molecule has 1 rings (SSSR count). The summed E-state index contributed by atoms with van der Waals surface area (Å²) < 4.78 is 0. The lowest BCUT2D eigenvalue weighted by molar-refractivity contribution is -0.121. The summed E-state index contributed by atoms with van der Waals surface area (Å²) in [5.41, 5.74) is 1.29. The van der Waals surface area contributed by atoms with Gasteiger partial charge in [-0.3, -0.25) is 4.79 Å². The van der Waals surface area contributed by atoms with Crippen LogP contribution in [0.1, 0.15) is 89.5 Å². The third kappa shape index (κ3) is 10.1. The number of amides is 1. The highest BCUT2D eigenvalue weighted by Crippen LogP contribution is 2.13. The predicted octanol–water partition coefficient (Wildman–Crippen LogP) is 5.83. The smallest absolute Gasteiger partial charge is 0.220 e. The lowest BCUT2D eigenvalue weighted by Gasteiger charge is -2.13. The molecule has 1 aromatic carbocycles. The molecule has 2 nitrogen and oxygen atoms in total. The van der Waals surface area contributed by atoms with Gasteiger partial charge in [-0.25, -0.2) is 0 Å². The molecule has 0 unspecified atom stereocenters. The van der Waals surface area contributed by atoms with Gasteiger partial charge in [-0.1, -0.05) is 95.5 Å². The van der Waals surface area contributed by atoms with Crippen molar-refractivity contribution in [1.29, 1.82) is 0 Å². The second-order valence-corrected chi connectivity index (χ2v) is 6.69. The van der Waals surface area contributed by atoms with Crippen LogP contribution in [-0.2, 0) is 4.79 Å². The zero-order valence-corrected chi connectivity index (χ0v) is 15.2. The molecule has 1 amide bonds. The van der Waals surface area contributed by atoms with Crippen LogP contribution in [0.5, 0.6) is 0 Å². The summed E-state index contributed by atoms with van der Waals surface area (Å²) in [6.45, 7) is 5.15. The van der Waals surface area contributed by atoms with Crippen LogP contribution in [0.2, 0.25) is 0 Å². The minimum absolute atomic E-state index is 0.204. The fraction of sp³-hybridized carbons (Fsp3) is 0.667. The lowest BCUT2D eigenvalue weighted by atomic mass is 10.0. The monoisotopic (exact) mass is 317 g/mol. The van der Waals surface area contributed by atoms with Gasteiger partial charge in [0.05, 0.1) is 0 Å². The number of unbranched alkanes of at least 4 members (excludes halogenated alkanes) is 8. The fourth-order valence-electron chi connectivity index (χ4n) is 2.85. The standard InChI is InChI=1S/C21H35NO/c1-3-4-5-6-7-8-9-10-14-17-21(23)22-18-19(2)20-15-12-11-13-16-20/h11-13,15-16,19H,3-10,14,17-18H2,1-2H3,(H,22,23)/t19-/m0/s1. The Bertz CT molecular complexity index is 402. The van der Waals surface area contributed by atoms with Crippen LogP contribution in [0.3, 0.4) is 0 Å². The van der Waals surface area contributed by atoms with Gasteiger partial charge in [-0.05, 0) is 17.9 Å². The van der Waals surface area contributed by atoms with E-state index in [1.54, 1.807) is 0 Å². The second-order valence-electron chi connectivity index (χ2n) is 6.69. The van der Waals surface area contributed by atoms with Gasteiger partial charge >= 0.3 is 0 Å². The largest absolute Gasteiger partial charge is 0.356 e. The first-order chi connectivity index (χ1) is 11.2. The maximum Gasteiger partial charge on any atom is 0.220 e. The van der Waals surface area contributed by atoms with E-state index in [0.29, 0.717) is 12.3 Å². The minimum Gasteiger partial charge on any atom is -0.356 e. The third-order valence-electron chi connectivity index (χ3n) is 4.48. The molecule has 0 saturated heterocycles. The van der Waals surface area contributed by atoms with Gasteiger partial charge in [0.25, 0.3) is 0 Å². The Morgan fingerprint density at radius 3 is 2.09 bits per heavy atom. The van der Waals surface area contributed by atoms with Crippen LogP contribution in [0, 0.1) is 0 Å². The molecule has 0 aromatic heterocycles. The number of carbonyl (C=O) groups is 1. The van der Waals surface area contributed by atoms with Crippen LogP contribution in [0.25, 0.3) is 0 Å². The van der Waals surface area contributed by atoms with E-state index in [1.807, 2.05) is 6.07 Å². The maximum absolute atomic E-state index is 11.9. The van der Waals surface area contributed by atoms with Crippen molar-refractivity contribution >= 4 is 5.91 Å². The molecule has 0 aliphatic heterocycles. The molecule has 23 heavy (non-hydrogen) atoms. The van der Waals surface area contributed by atoms with E-state index >= 15 is 0 Å². The quantitative estimate of drug-likeness (QED) is 0.456. The molecular weight excluding hydrogens is 282 g/mol. The van der Waals surface area contributed by atoms with E-state index in [2.05, 4.69) is 43.4 Å². The van der Waals surface area contributed by atoms with E-state index in [9.17, 15) is 4.79 Å². The van der Waals surface area contributed by atoms with Crippen molar-refractivity contribution in [1.82, 2.24) is 5.32 Å². The first-order valence-corrected chi connectivity index (χ1v) is 9.55. The Kier molecular flexibility index (Phi) is 11.3. The average Bonchev–Trinajstić information content (AvgIpc) is 2.59. The van der Waals surface area contributed by atoms with Crippen LogP contribution in [0.4, 0.5) is 0 Å². The Morgan fingerprint density at radius 2 is 1.48 bits per heavy atom. The number of rotatable bonds is 13. The summed E-state index contributed by atoms with van der Waals surface area (Å²) in [6.07, 6.45) is 12.3. The first kappa shape index (κ1) is 19.7. The van der Waals surface area contributed by atoms with E-state index in [4.69, 9.17) is 0 Å². The van der Waals surface area contributed by atoms with Crippen LogP contribution >= 0.6 is 0 Å². The Labute approximate surface area is 143 Å². The highest BCUT2D eigenvalue weighted by molar-refractivity contribution is 5.75. The van der Waals surface area contributed by atoms with E-state index < -0.39 is 0 Å². The van der Waals surface area contributed by atoms with Crippen LogP contribution < -0.4 is 5.32 Å². The molecule has 2 heteroatoms. The van der Waals surface area contributed by atoms with E-state index in [0.717, 1.165) is 13.0 Å². The highest BCUT2D eigenvalue weighted by atomic mass is 16.1. The summed E-state index contributed by atoms with van der Waals surface area (Å²) in [7, 11) is 0. The highest BCUT2D eigenvalue weighted by Gasteiger charge is 2.07. The SMILES string of the molecule is CCCCCCCCCCCC(=O)NC[C@H](C)c1ccccc1. The van der Waals surface area contributed by atoms with Gasteiger partial charge in [0.15, 0.2) is 0 Å². The van der Waals surface area contributed by atoms with Crippen molar-refractivity contribution in [2.75, 3.05) is 6.54 Å². The number of hydrogen-bond acceptors (Lipinski definition) is 1. The molecule has 1 N–H and O–H groups in total. The molecular formula is C21H35NO. The maximum atomic E-state index is 11.9. The molecule has 0 radical (unpaired) electrons. The van der Waals surface area contributed by atoms with Gasteiger partial charge in [0.2, 0.25) is 5.91 Å². The van der Waals surface area contributed by atoms with E-state index in [-0.39, 0.29) is 5.91 Å². The zero-order valence-electron chi connectivity index (χ0n) is 15.2. The third-order valence-corrected chi connectivity index (χ3v) is 4.48. The molecule has 0 heterocycles. The van der Waals surface area contributed by atoms with Crippen molar-refractivity contribution in [3.63, 3.8) is 0 Å². The zero-order chi connectivity index (χ0) is 16.8. The number of carbonyl (C=O) groups excluding carboxylic acids is 1. The summed E-state index contributed by atoms with van der Waals surface area (Å²) in [6, 6.07) is 10.4. The molecule has 1 aromatic rings. The molecule has 0 saturated carbocycles. The fourth-order valence-corrected chi connectivity index (χ4v) is 2.85. The first-order valence-electron chi connectivity index (χ1n) is 9.55. The number of benzene rings is 1. The van der Waals surface area contributed by atoms with Gasteiger partial charge < -0.3 is 5.32 Å². The average molecular weight is 318 g/mol. The van der Waals surface area contributed by atoms with Crippen molar-refractivity contribution in [2.24, 2.45) is 0 Å². The van der Waals surface area contributed by atoms with Crippen molar-refractivity contribution in [3.05, 3.63) is 35.9 Å². The molecule has 0 aliphatic carbocycles. The van der Waals surface area contributed by atoms with Gasteiger partial charge in [-0.15, -0.1) is 0 Å². The molecule has 0 spiro atoms. The van der Waals surface area contributed by atoms with Crippen molar-refractivity contribution < 1.29 is 4.79 Å². The molecule has 1 atom stereocenters. The topological polar surface area (TPSA) is 29.1 Å². The van der Waals surface area contributed by atoms with Gasteiger partial charge in [0, 0.05) is 13.0 Å². The summed E-state index contributed by atoms with van der Waals surface area (Å²) in [4.78, 5) is 11.9. The Hall–Kier alpha value is -1.31. The van der Waals surface area contributed by atoms with E-state index in [1.165, 1.54) is 56.9 Å². The Balaban J connectivity index is 1.96. The Morgan fingerprint density at radius 1 is 0.913 bits per heavy atom. The van der Waals surface area contributed by atoms with Crippen molar-refractivity contribution in [2.45, 2.75) is 84.0 Å². The summed E-state index contributed by atoms with van der Waals surface area (Å²) in [5.74, 6) is 0.582. The summed E-state index contributed by atoms with van der Waals surface area (Å²) >= 11 is 0. The molecule has 0 fully saturated rings. The van der Waals surface area contributed by atoms with Crippen LogP contribution in [-0.4, -0.2) is 12.5 Å². The molecule has 0 bridgehead atoms. The van der Waals surface area contributed by atoms with Gasteiger partial charge in [0.1, 0.15) is 0 Å².